The van der Waals surface area contributed by atoms with Gasteiger partial charge in [0.05, 0.1) is 11.9 Å². The molecule has 4 unspecified atom stereocenters. The van der Waals surface area contributed by atoms with E-state index in [0.29, 0.717) is 18.4 Å². The van der Waals surface area contributed by atoms with Crippen molar-refractivity contribution >= 4 is 45.7 Å². The summed E-state index contributed by atoms with van der Waals surface area (Å²) >= 11 is 2.23. The zero-order chi connectivity index (χ0) is 28.0. The lowest BCUT2D eigenvalue weighted by Crippen LogP contribution is -2.36. The van der Waals surface area contributed by atoms with Gasteiger partial charge < -0.3 is 19.7 Å². The molecule has 3 aromatic heterocycles. The summed E-state index contributed by atoms with van der Waals surface area (Å²) in [6, 6.07) is 11.8. The van der Waals surface area contributed by atoms with E-state index < -0.39 is 6.09 Å². The number of amides is 1. The number of rotatable bonds is 7. The predicted molar refractivity (Wildman–Crippen MR) is 160 cm³/mol. The number of piperidine rings is 1. The molecule has 2 saturated heterocycles. The highest BCUT2D eigenvalue weighted by atomic mass is 127. The summed E-state index contributed by atoms with van der Waals surface area (Å²) in [6.07, 6.45) is 7.44. The fraction of sp³-hybridized carbons (Fsp3) is 0.483. The molecule has 11 nitrogen and oxygen atoms in total. The number of carbonyl (C=O) groups excluding carboxylic acids is 1. The molecule has 0 bridgehead atoms. The Morgan fingerprint density at radius 3 is 2.83 bits per heavy atom. The van der Waals surface area contributed by atoms with E-state index in [-0.39, 0.29) is 18.2 Å². The van der Waals surface area contributed by atoms with Crippen molar-refractivity contribution in [3.63, 3.8) is 0 Å². The van der Waals surface area contributed by atoms with Crippen molar-refractivity contribution in [1.29, 1.82) is 0 Å². The van der Waals surface area contributed by atoms with Gasteiger partial charge in [-0.1, -0.05) is 30.3 Å². The molecule has 12 heteroatoms. The number of nitrogens with one attached hydrogen (secondary N) is 1. The highest BCUT2D eigenvalue weighted by molar-refractivity contribution is 14.1. The standard InChI is InChI=1S/C29H33IN8O3/c1-36-12-11-22(34-36)29(18-32-28(39)41-17-19-7-3-2-4-8-19)20-10-13-37(16-21(20)29)23-15-31-25-26(30)35-38(27(25)33-23)24-9-5-6-14-40-24/h2-4,7-8,11-12,15,20-21,24H,5-6,9-10,13-14,16-18H2,1H3,(H,32,39). The highest BCUT2D eigenvalue weighted by Gasteiger charge is 2.67. The first-order valence-corrected chi connectivity index (χ1v) is 15.3. The minimum Gasteiger partial charge on any atom is -0.445 e. The van der Waals surface area contributed by atoms with Crippen LogP contribution < -0.4 is 10.2 Å². The Labute approximate surface area is 251 Å². The summed E-state index contributed by atoms with van der Waals surface area (Å²) in [5.74, 6) is 1.59. The van der Waals surface area contributed by atoms with Gasteiger partial charge in [0.2, 0.25) is 0 Å². The van der Waals surface area contributed by atoms with Crippen LogP contribution >= 0.6 is 22.6 Å². The van der Waals surface area contributed by atoms with Gasteiger partial charge in [-0.25, -0.2) is 19.4 Å². The number of fused-ring (bicyclic) bond motifs is 2. The van der Waals surface area contributed by atoms with Crippen molar-refractivity contribution in [3.8, 4) is 0 Å². The third-order valence-electron chi connectivity index (χ3n) is 8.86. The summed E-state index contributed by atoms with van der Waals surface area (Å²) < 4.78 is 16.1. The van der Waals surface area contributed by atoms with Gasteiger partial charge in [0.15, 0.2) is 15.6 Å². The molecule has 2 aliphatic heterocycles. The topological polar surface area (TPSA) is 112 Å². The Morgan fingerprint density at radius 1 is 1.17 bits per heavy atom. The van der Waals surface area contributed by atoms with Gasteiger partial charge in [0.25, 0.3) is 0 Å². The number of ether oxygens (including phenoxy) is 2. The smallest absolute Gasteiger partial charge is 0.407 e. The molecule has 5 heterocycles. The number of aromatic nitrogens is 6. The van der Waals surface area contributed by atoms with Crippen LogP contribution in [-0.4, -0.2) is 61.9 Å². The second-order valence-corrected chi connectivity index (χ2v) is 12.3. The monoisotopic (exact) mass is 668 g/mol. The molecule has 0 spiro atoms. The van der Waals surface area contributed by atoms with Gasteiger partial charge in [-0.15, -0.1) is 0 Å². The third kappa shape index (κ3) is 4.94. The normalized spacial score (nSPS) is 25.6. The van der Waals surface area contributed by atoms with Gasteiger partial charge >= 0.3 is 6.09 Å². The predicted octanol–water partition coefficient (Wildman–Crippen LogP) is 4.18. The van der Waals surface area contributed by atoms with Crippen LogP contribution in [0.1, 0.15) is 43.2 Å². The molecule has 1 amide bonds. The number of halogens is 1. The molecule has 7 rings (SSSR count). The number of benzene rings is 1. The van der Waals surface area contributed by atoms with E-state index in [9.17, 15) is 4.79 Å². The molecule has 3 fully saturated rings. The molecule has 1 saturated carbocycles. The van der Waals surface area contributed by atoms with Crippen LogP contribution in [0.3, 0.4) is 0 Å². The average molecular weight is 669 g/mol. The molecule has 214 valence electrons. The van der Waals surface area contributed by atoms with Crippen LogP contribution in [0, 0.1) is 15.5 Å². The molecule has 41 heavy (non-hydrogen) atoms. The third-order valence-corrected chi connectivity index (χ3v) is 9.58. The number of hydrogen-bond acceptors (Lipinski definition) is 8. The maximum atomic E-state index is 12.7. The zero-order valence-electron chi connectivity index (χ0n) is 22.9. The lowest BCUT2D eigenvalue weighted by molar-refractivity contribution is -0.0372. The first-order chi connectivity index (χ1) is 20.0. The number of carbonyl (C=O) groups is 1. The lowest BCUT2D eigenvalue weighted by atomic mass is 9.97. The van der Waals surface area contributed by atoms with E-state index in [1.807, 2.05) is 59.1 Å². The maximum absolute atomic E-state index is 12.7. The largest absolute Gasteiger partial charge is 0.445 e. The van der Waals surface area contributed by atoms with Crippen molar-refractivity contribution in [2.24, 2.45) is 18.9 Å². The Balaban J connectivity index is 1.09. The van der Waals surface area contributed by atoms with Gasteiger partial charge in [-0.2, -0.15) is 10.2 Å². The summed E-state index contributed by atoms with van der Waals surface area (Å²) in [4.78, 5) is 24.9. The molecular formula is C29H33IN8O3. The molecular weight excluding hydrogens is 635 g/mol. The minimum atomic E-state index is -0.409. The highest BCUT2D eigenvalue weighted by Crippen LogP contribution is 2.63. The van der Waals surface area contributed by atoms with E-state index in [2.05, 4.69) is 38.9 Å². The van der Waals surface area contributed by atoms with E-state index in [0.717, 1.165) is 77.3 Å². The Morgan fingerprint density at radius 2 is 2.05 bits per heavy atom. The zero-order valence-corrected chi connectivity index (χ0v) is 25.1. The fourth-order valence-electron chi connectivity index (χ4n) is 6.71. The lowest BCUT2D eigenvalue weighted by Gasteiger charge is -2.27. The first-order valence-electron chi connectivity index (χ1n) is 14.2. The van der Waals surface area contributed by atoms with Crippen molar-refractivity contribution in [1.82, 2.24) is 34.8 Å². The Bertz CT molecular complexity index is 1550. The van der Waals surface area contributed by atoms with Crippen LogP contribution in [0.25, 0.3) is 11.2 Å². The van der Waals surface area contributed by atoms with Gasteiger partial charge in [0, 0.05) is 44.9 Å². The van der Waals surface area contributed by atoms with E-state index in [4.69, 9.17) is 29.6 Å². The van der Waals surface area contributed by atoms with E-state index >= 15 is 0 Å². The minimum absolute atomic E-state index is 0.0991. The summed E-state index contributed by atoms with van der Waals surface area (Å²) in [5.41, 5.74) is 3.32. The Hall–Kier alpha value is -3.26. The van der Waals surface area contributed by atoms with Crippen molar-refractivity contribution in [3.05, 3.63) is 63.7 Å². The Kier molecular flexibility index (Phi) is 7.05. The molecule has 4 aromatic rings. The molecule has 1 N–H and O–H groups in total. The molecule has 4 atom stereocenters. The summed E-state index contributed by atoms with van der Waals surface area (Å²) in [6.45, 7) is 3.14. The van der Waals surface area contributed by atoms with Gasteiger partial charge in [0.1, 0.15) is 17.9 Å². The van der Waals surface area contributed by atoms with Crippen LogP contribution in [-0.2, 0) is 28.5 Å². The number of anilines is 1. The molecule has 1 aromatic carbocycles. The van der Waals surface area contributed by atoms with Crippen molar-refractivity contribution in [2.75, 3.05) is 31.1 Å². The fourth-order valence-corrected chi connectivity index (χ4v) is 7.32. The molecule has 0 radical (unpaired) electrons. The number of aryl methyl sites for hydroxylation is 1. The van der Waals surface area contributed by atoms with Crippen molar-refractivity contribution < 1.29 is 14.3 Å². The molecule has 3 aliphatic rings. The second-order valence-electron chi connectivity index (χ2n) is 11.2. The van der Waals surface area contributed by atoms with Gasteiger partial charge in [-0.05, 0) is 71.7 Å². The molecule has 1 aliphatic carbocycles. The average Bonchev–Trinajstić information content (AvgIpc) is 3.23. The maximum Gasteiger partial charge on any atom is 0.407 e. The number of alkyl carbamates (subject to hydrolysis) is 1. The van der Waals surface area contributed by atoms with Gasteiger partial charge in [-0.3, -0.25) is 4.68 Å². The van der Waals surface area contributed by atoms with E-state index in [1.165, 1.54) is 0 Å². The number of nitrogens with zero attached hydrogens (tertiary/aromatic N) is 7. The van der Waals surface area contributed by atoms with Crippen LogP contribution in [0.15, 0.2) is 48.8 Å². The van der Waals surface area contributed by atoms with Crippen LogP contribution in [0.2, 0.25) is 0 Å². The van der Waals surface area contributed by atoms with Crippen LogP contribution in [0.4, 0.5) is 10.6 Å². The van der Waals surface area contributed by atoms with Crippen LogP contribution in [0.5, 0.6) is 0 Å². The SMILES string of the molecule is Cn1ccc(C2(CNC(=O)OCc3ccccc3)C3CCN(c4cnc5c(I)nn(C6CCCCO6)c5n4)CC32)n1. The summed E-state index contributed by atoms with van der Waals surface area (Å²) in [7, 11) is 1.93. The van der Waals surface area contributed by atoms with E-state index in [1.54, 1.807) is 0 Å². The second kappa shape index (κ2) is 10.9. The quantitative estimate of drug-likeness (QED) is 0.292. The number of hydrogen-bond donors (Lipinski definition) is 1. The summed E-state index contributed by atoms with van der Waals surface area (Å²) in [5, 5.41) is 12.6. The van der Waals surface area contributed by atoms with Crippen molar-refractivity contribution in [2.45, 2.75) is 43.9 Å². The first kappa shape index (κ1) is 26.6.